The fraction of sp³-hybridized carbons (Fsp3) is 0.429. The summed E-state index contributed by atoms with van der Waals surface area (Å²) in [6.07, 6.45) is 2.36. The summed E-state index contributed by atoms with van der Waals surface area (Å²) in [5.41, 5.74) is 0.862. The second kappa shape index (κ2) is 9.61. The van der Waals surface area contributed by atoms with Crippen LogP contribution >= 0.6 is 0 Å². The lowest BCUT2D eigenvalue weighted by Gasteiger charge is -2.34. The van der Waals surface area contributed by atoms with E-state index in [1.165, 1.54) is 23.5 Å². The Bertz CT molecular complexity index is 1070. The lowest BCUT2D eigenvalue weighted by molar-refractivity contribution is 0.172. The van der Waals surface area contributed by atoms with E-state index in [-0.39, 0.29) is 24.0 Å². The van der Waals surface area contributed by atoms with Crippen LogP contribution < -0.4 is 19.5 Å². The number of carbonyl (C=O) groups is 1. The first-order valence-electron chi connectivity index (χ1n) is 10.4. The Kier molecular flexibility index (Phi) is 6.66. The van der Waals surface area contributed by atoms with Gasteiger partial charge in [0.2, 0.25) is 15.9 Å². The first-order valence-corrected chi connectivity index (χ1v) is 11.8. The fourth-order valence-electron chi connectivity index (χ4n) is 3.55. The molecule has 172 valence electrons. The highest BCUT2D eigenvalue weighted by Crippen LogP contribution is 2.33. The first-order chi connectivity index (χ1) is 15.5. The topological polar surface area (TPSA) is 110 Å². The van der Waals surface area contributed by atoms with Gasteiger partial charge >= 0.3 is 6.03 Å². The van der Waals surface area contributed by atoms with Crippen LogP contribution in [0.3, 0.4) is 0 Å². The zero-order chi connectivity index (χ0) is 22.6. The van der Waals surface area contributed by atoms with Gasteiger partial charge in [-0.3, -0.25) is 0 Å². The van der Waals surface area contributed by atoms with Crippen molar-refractivity contribution in [1.29, 1.82) is 0 Å². The monoisotopic (exact) mass is 462 g/mol. The highest BCUT2D eigenvalue weighted by Gasteiger charge is 2.31. The molecule has 0 unspecified atom stereocenters. The number of nitrogens with zero attached hydrogens (tertiary/aromatic N) is 3. The molecule has 1 aromatic heterocycles. The van der Waals surface area contributed by atoms with Crippen LogP contribution in [-0.2, 0) is 16.6 Å². The number of sulfonamides is 1. The van der Waals surface area contributed by atoms with E-state index in [2.05, 4.69) is 10.3 Å². The smallest absolute Gasteiger partial charge is 0.317 e. The number of amides is 2. The summed E-state index contributed by atoms with van der Waals surface area (Å²) in [4.78, 5) is 18.3. The number of rotatable bonds is 5. The van der Waals surface area contributed by atoms with E-state index < -0.39 is 10.0 Å². The minimum atomic E-state index is -3.70. The van der Waals surface area contributed by atoms with Crippen LogP contribution in [0, 0.1) is 0 Å². The molecule has 2 amide bonds. The van der Waals surface area contributed by atoms with Gasteiger partial charge in [-0.2, -0.15) is 4.31 Å². The molecule has 0 saturated carbocycles. The highest BCUT2D eigenvalue weighted by molar-refractivity contribution is 7.89. The summed E-state index contributed by atoms with van der Waals surface area (Å²) in [5.74, 6) is 1.47. The molecular weight excluding hydrogens is 436 g/mol. The number of pyridine rings is 1. The van der Waals surface area contributed by atoms with Crippen molar-refractivity contribution < 1.29 is 27.4 Å². The molecule has 1 N–H and O–H groups in total. The van der Waals surface area contributed by atoms with Gasteiger partial charge < -0.3 is 24.4 Å². The molecule has 2 aliphatic rings. The fourth-order valence-corrected chi connectivity index (χ4v) is 4.98. The molecule has 0 radical (unpaired) electrons. The normalized spacial score (nSPS) is 16.8. The third-order valence-corrected chi connectivity index (χ3v) is 7.23. The van der Waals surface area contributed by atoms with Crippen molar-refractivity contribution in [2.45, 2.75) is 17.9 Å². The summed E-state index contributed by atoms with van der Waals surface area (Å²) >= 11 is 0. The zero-order valence-corrected chi connectivity index (χ0v) is 18.6. The maximum absolute atomic E-state index is 13.1. The Balaban J connectivity index is 1.34. The van der Waals surface area contributed by atoms with E-state index in [1.807, 2.05) is 0 Å². The number of fused-ring (bicyclic) bond motifs is 1. The summed E-state index contributed by atoms with van der Waals surface area (Å²) in [6, 6.07) is 7.98. The second-order valence-electron chi connectivity index (χ2n) is 7.42. The standard InChI is InChI=1S/C21H26N4O6S/c1-29-20-13-16(5-6-22-20)15-23-21(26)24-7-9-25(10-8-24)32(27,28)17-3-4-18-19(14-17)31-12-2-11-30-18/h3-6,13-14H,2,7-12,15H2,1H3,(H,23,26). The van der Waals surface area contributed by atoms with Gasteiger partial charge in [-0.25, -0.2) is 18.2 Å². The largest absolute Gasteiger partial charge is 0.490 e. The van der Waals surface area contributed by atoms with Crippen molar-refractivity contribution in [1.82, 2.24) is 19.5 Å². The lowest BCUT2D eigenvalue weighted by atomic mass is 10.2. The van der Waals surface area contributed by atoms with Crippen LogP contribution in [-0.4, -0.2) is 75.1 Å². The Hall–Kier alpha value is -3.05. The molecule has 32 heavy (non-hydrogen) atoms. The maximum atomic E-state index is 13.1. The SMILES string of the molecule is COc1cc(CNC(=O)N2CCN(S(=O)(=O)c3ccc4c(c3)OCCCO4)CC2)ccn1. The number of carbonyl (C=O) groups excluding carboxylic acids is 1. The molecule has 0 spiro atoms. The molecule has 2 aliphatic heterocycles. The van der Waals surface area contributed by atoms with Crippen LogP contribution in [0.5, 0.6) is 17.4 Å². The van der Waals surface area contributed by atoms with E-state index in [0.29, 0.717) is 50.2 Å². The molecule has 4 rings (SSSR count). The van der Waals surface area contributed by atoms with Crippen molar-refractivity contribution in [3.05, 3.63) is 42.1 Å². The average molecular weight is 463 g/mol. The van der Waals surface area contributed by atoms with Crippen molar-refractivity contribution in [2.75, 3.05) is 46.5 Å². The number of urea groups is 1. The third kappa shape index (κ3) is 4.89. The molecule has 0 atom stereocenters. The molecule has 10 nitrogen and oxygen atoms in total. The number of aromatic nitrogens is 1. The molecule has 0 aliphatic carbocycles. The van der Waals surface area contributed by atoms with Gasteiger partial charge in [0.1, 0.15) is 0 Å². The average Bonchev–Trinajstić information content (AvgIpc) is 3.07. The molecule has 1 saturated heterocycles. The third-order valence-electron chi connectivity index (χ3n) is 5.33. The van der Waals surface area contributed by atoms with E-state index in [9.17, 15) is 13.2 Å². The van der Waals surface area contributed by atoms with Crippen molar-refractivity contribution in [2.24, 2.45) is 0 Å². The van der Waals surface area contributed by atoms with Gasteiger partial charge in [-0.15, -0.1) is 0 Å². The number of hydrogen-bond donors (Lipinski definition) is 1. The van der Waals surface area contributed by atoms with Gasteiger partial charge in [0.25, 0.3) is 0 Å². The summed E-state index contributed by atoms with van der Waals surface area (Å²) in [6.45, 7) is 2.38. The highest BCUT2D eigenvalue weighted by atomic mass is 32.2. The molecule has 0 bridgehead atoms. The zero-order valence-electron chi connectivity index (χ0n) is 17.8. The Labute approximate surface area is 187 Å². The Morgan fingerprint density at radius 1 is 1.09 bits per heavy atom. The maximum Gasteiger partial charge on any atom is 0.317 e. The molecule has 2 aromatic rings. The van der Waals surface area contributed by atoms with Gasteiger partial charge in [0, 0.05) is 57.5 Å². The number of methoxy groups -OCH3 is 1. The predicted molar refractivity (Wildman–Crippen MR) is 115 cm³/mol. The molecule has 1 fully saturated rings. The van der Waals surface area contributed by atoms with Gasteiger partial charge in [0.05, 0.1) is 25.2 Å². The van der Waals surface area contributed by atoms with Crippen LogP contribution in [0.15, 0.2) is 41.4 Å². The van der Waals surface area contributed by atoms with Crippen molar-refractivity contribution >= 4 is 16.1 Å². The van der Waals surface area contributed by atoms with E-state index >= 15 is 0 Å². The predicted octanol–water partition coefficient (Wildman–Crippen LogP) is 1.47. The van der Waals surface area contributed by atoms with Gasteiger partial charge in [0.15, 0.2) is 11.5 Å². The summed E-state index contributed by atoms with van der Waals surface area (Å²) < 4.78 is 43.9. The van der Waals surface area contributed by atoms with Crippen molar-refractivity contribution in [3.8, 4) is 17.4 Å². The molecule has 1 aromatic carbocycles. The minimum Gasteiger partial charge on any atom is -0.490 e. The van der Waals surface area contributed by atoms with Crippen molar-refractivity contribution in [3.63, 3.8) is 0 Å². The van der Waals surface area contributed by atoms with Crippen LogP contribution in [0.2, 0.25) is 0 Å². The molecule has 3 heterocycles. The quantitative estimate of drug-likeness (QED) is 0.716. The molecule has 11 heteroatoms. The Morgan fingerprint density at radius 2 is 1.84 bits per heavy atom. The van der Waals surface area contributed by atoms with E-state index in [0.717, 1.165) is 12.0 Å². The van der Waals surface area contributed by atoms with E-state index in [1.54, 1.807) is 29.3 Å². The number of ether oxygens (including phenoxy) is 3. The summed E-state index contributed by atoms with van der Waals surface area (Å²) in [7, 11) is -2.17. The second-order valence-corrected chi connectivity index (χ2v) is 9.35. The van der Waals surface area contributed by atoms with Crippen LogP contribution in [0.25, 0.3) is 0 Å². The molecular formula is C21H26N4O6S. The van der Waals surface area contributed by atoms with Crippen LogP contribution in [0.1, 0.15) is 12.0 Å². The lowest BCUT2D eigenvalue weighted by Crippen LogP contribution is -2.52. The van der Waals surface area contributed by atoms with Gasteiger partial charge in [-0.05, 0) is 23.8 Å². The number of benzene rings is 1. The Morgan fingerprint density at radius 3 is 2.59 bits per heavy atom. The number of piperazine rings is 1. The van der Waals surface area contributed by atoms with Gasteiger partial charge in [-0.1, -0.05) is 0 Å². The minimum absolute atomic E-state index is 0.159. The first kappa shape index (κ1) is 22.2. The summed E-state index contributed by atoms with van der Waals surface area (Å²) in [5, 5.41) is 2.85. The van der Waals surface area contributed by atoms with Crippen LogP contribution in [0.4, 0.5) is 4.79 Å². The number of nitrogens with one attached hydrogen (secondary N) is 1. The number of hydrogen-bond acceptors (Lipinski definition) is 7. The van der Waals surface area contributed by atoms with E-state index in [4.69, 9.17) is 14.2 Å².